The molecule has 0 amide bonds. The summed E-state index contributed by atoms with van der Waals surface area (Å²) in [5.74, 6) is 3.39. The number of ether oxygens (including phenoxy) is 3. The standard InChI is InChI=1S/C35H43N5O3.3ClH/c1-39-19-5-4-6-28(39)24-43-30-11-7-25(8-12-30)23-40-20-17-27(18-21-40)36-35-33-22-31(42-3)15-16-32(33)34(37-38-35)26-9-13-29(41-2)14-10-26;;;/h7-16,22,27-28H,4-6,17-21,23-24H2,1-3H3,(H,36,38);3*1H. The van der Waals surface area contributed by atoms with Gasteiger partial charge in [-0.2, -0.15) is 0 Å². The molecule has 2 aliphatic heterocycles. The summed E-state index contributed by atoms with van der Waals surface area (Å²) in [4.78, 5) is 4.96. The zero-order valence-corrected chi connectivity index (χ0v) is 29.3. The zero-order chi connectivity index (χ0) is 29.6. The van der Waals surface area contributed by atoms with Gasteiger partial charge in [0, 0.05) is 48.1 Å². The van der Waals surface area contributed by atoms with Gasteiger partial charge in [-0.15, -0.1) is 47.4 Å². The molecule has 1 unspecified atom stereocenters. The lowest BCUT2D eigenvalue weighted by Crippen LogP contribution is -2.40. The highest BCUT2D eigenvalue weighted by Gasteiger charge is 2.22. The fraction of sp³-hybridized carbons (Fsp3) is 0.429. The molecule has 2 saturated heterocycles. The minimum Gasteiger partial charge on any atom is -0.497 e. The van der Waals surface area contributed by atoms with E-state index in [0.29, 0.717) is 12.1 Å². The second kappa shape index (κ2) is 17.8. The summed E-state index contributed by atoms with van der Waals surface area (Å²) in [5.41, 5.74) is 3.17. The molecule has 4 aromatic rings. The van der Waals surface area contributed by atoms with Gasteiger partial charge in [-0.05, 0) is 99.4 Å². The fourth-order valence-corrected chi connectivity index (χ4v) is 6.25. The lowest BCUT2D eigenvalue weighted by molar-refractivity contribution is 0.125. The molecule has 1 atom stereocenters. The number of rotatable bonds is 10. The van der Waals surface area contributed by atoms with Gasteiger partial charge in [0.1, 0.15) is 29.5 Å². The number of hydrogen-bond acceptors (Lipinski definition) is 8. The third kappa shape index (κ3) is 9.07. The van der Waals surface area contributed by atoms with E-state index in [1.165, 1.54) is 31.4 Å². The van der Waals surface area contributed by atoms with Crippen LogP contribution in [0.15, 0.2) is 66.7 Å². The Morgan fingerprint density at radius 2 is 1.41 bits per heavy atom. The number of methoxy groups -OCH3 is 2. The molecule has 6 rings (SSSR count). The predicted octanol–water partition coefficient (Wildman–Crippen LogP) is 7.52. The van der Waals surface area contributed by atoms with Crippen molar-refractivity contribution in [1.29, 1.82) is 0 Å². The lowest BCUT2D eigenvalue weighted by atomic mass is 10.0. The molecule has 2 fully saturated rings. The highest BCUT2D eigenvalue weighted by molar-refractivity contribution is 6.00. The lowest BCUT2D eigenvalue weighted by Gasteiger charge is -2.33. The second-order valence-electron chi connectivity index (χ2n) is 11.8. The zero-order valence-electron chi connectivity index (χ0n) is 26.8. The molecule has 2 aliphatic rings. The average Bonchev–Trinajstić information content (AvgIpc) is 3.06. The predicted molar refractivity (Wildman–Crippen MR) is 194 cm³/mol. The summed E-state index contributed by atoms with van der Waals surface area (Å²) in [6.07, 6.45) is 5.92. The van der Waals surface area contributed by atoms with Gasteiger partial charge in [0.15, 0.2) is 5.82 Å². The maximum absolute atomic E-state index is 6.13. The smallest absolute Gasteiger partial charge is 0.156 e. The normalized spacial score (nSPS) is 17.2. The van der Waals surface area contributed by atoms with Gasteiger partial charge in [-0.3, -0.25) is 4.90 Å². The van der Waals surface area contributed by atoms with Crippen LogP contribution in [0.5, 0.6) is 17.2 Å². The molecule has 0 spiro atoms. The minimum absolute atomic E-state index is 0. The highest BCUT2D eigenvalue weighted by Crippen LogP contribution is 2.34. The van der Waals surface area contributed by atoms with Gasteiger partial charge < -0.3 is 24.4 Å². The van der Waals surface area contributed by atoms with Gasteiger partial charge >= 0.3 is 0 Å². The van der Waals surface area contributed by atoms with Crippen LogP contribution in [0.1, 0.15) is 37.7 Å². The van der Waals surface area contributed by atoms with E-state index in [4.69, 9.17) is 14.2 Å². The van der Waals surface area contributed by atoms with E-state index >= 15 is 0 Å². The number of likely N-dealkylation sites (tertiary alicyclic amines) is 2. The topological polar surface area (TPSA) is 72.0 Å². The Morgan fingerprint density at radius 1 is 0.739 bits per heavy atom. The van der Waals surface area contributed by atoms with E-state index in [-0.39, 0.29) is 37.2 Å². The third-order valence-corrected chi connectivity index (χ3v) is 8.97. The van der Waals surface area contributed by atoms with Crippen LogP contribution >= 0.6 is 37.2 Å². The van der Waals surface area contributed by atoms with Crippen LogP contribution in [0.4, 0.5) is 5.82 Å². The van der Waals surface area contributed by atoms with Crippen molar-refractivity contribution in [3.63, 3.8) is 0 Å². The van der Waals surface area contributed by atoms with E-state index < -0.39 is 0 Å². The van der Waals surface area contributed by atoms with Crippen molar-refractivity contribution >= 4 is 53.8 Å². The van der Waals surface area contributed by atoms with Crippen LogP contribution in [0.2, 0.25) is 0 Å². The number of halogens is 3. The molecule has 1 N–H and O–H groups in total. The molecule has 3 heterocycles. The Balaban J connectivity index is 0.00000192. The van der Waals surface area contributed by atoms with Crippen LogP contribution in [0, 0.1) is 0 Å². The molecule has 8 nitrogen and oxygen atoms in total. The number of anilines is 1. The first-order valence-corrected chi connectivity index (χ1v) is 15.5. The number of aromatic nitrogens is 2. The monoisotopic (exact) mass is 689 g/mol. The minimum atomic E-state index is 0. The summed E-state index contributed by atoms with van der Waals surface area (Å²) in [6.45, 7) is 4.96. The number of nitrogens with one attached hydrogen (secondary N) is 1. The molecule has 3 aromatic carbocycles. The van der Waals surface area contributed by atoms with Crippen molar-refractivity contribution in [2.75, 3.05) is 52.8 Å². The molecular weight excluding hydrogens is 645 g/mol. The highest BCUT2D eigenvalue weighted by atomic mass is 35.5. The van der Waals surface area contributed by atoms with Crippen LogP contribution in [0.25, 0.3) is 22.0 Å². The molecule has 250 valence electrons. The summed E-state index contributed by atoms with van der Waals surface area (Å²) in [7, 11) is 5.58. The fourth-order valence-electron chi connectivity index (χ4n) is 6.25. The van der Waals surface area contributed by atoms with E-state index in [0.717, 1.165) is 84.2 Å². The van der Waals surface area contributed by atoms with Gasteiger partial charge in [0.05, 0.1) is 14.2 Å². The summed E-state index contributed by atoms with van der Waals surface area (Å²) in [6, 6.07) is 23.6. The summed E-state index contributed by atoms with van der Waals surface area (Å²) < 4.78 is 17.0. The maximum atomic E-state index is 6.13. The molecular formula is C35H46Cl3N5O3. The Kier molecular flexibility index (Phi) is 14.5. The van der Waals surface area contributed by atoms with E-state index in [9.17, 15) is 0 Å². The van der Waals surface area contributed by atoms with Crippen LogP contribution in [0.3, 0.4) is 0 Å². The Bertz CT molecular complexity index is 1500. The quantitative estimate of drug-likeness (QED) is 0.183. The van der Waals surface area contributed by atoms with Gasteiger partial charge in [0.2, 0.25) is 0 Å². The van der Waals surface area contributed by atoms with Crippen molar-refractivity contribution in [2.24, 2.45) is 0 Å². The molecule has 11 heteroatoms. The summed E-state index contributed by atoms with van der Waals surface area (Å²) in [5, 5.41) is 15.1. The first-order valence-electron chi connectivity index (χ1n) is 15.5. The van der Waals surface area contributed by atoms with Crippen LogP contribution in [-0.4, -0.2) is 79.6 Å². The van der Waals surface area contributed by atoms with Gasteiger partial charge in [-0.25, -0.2) is 0 Å². The van der Waals surface area contributed by atoms with Gasteiger partial charge in [-0.1, -0.05) is 18.6 Å². The number of fused-ring (bicyclic) bond motifs is 1. The SMILES string of the molecule is COc1ccc(-c2nnc(NC3CCN(Cc4ccc(OCC5CCCCN5C)cc4)CC3)c3cc(OC)ccc23)cc1.Cl.Cl.Cl. The van der Waals surface area contributed by atoms with Crippen molar-refractivity contribution in [3.05, 3.63) is 72.3 Å². The number of nitrogens with zero attached hydrogens (tertiary/aromatic N) is 4. The van der Waals surface area contributed by atoms with E-state index in [1.54, 1.807) is 14.2 Å². The summed E-state index contributed by atoms with van der Waals surface area (Å²) >= 11 is 0. The van der Waals surface area contributed by atoms with Gasteiger partial charge in [0.25, 0.3) is 0 Å². The molecule has 46 heavy (non-hydrogen) atoms. The molecule has 0 bridgehead atoms. The number of benzene rings is 3. The second-order valence-corrected chi connectivity index (χ2v) is 11.8. The van der Waals surface area contributed by atoms with Crippen LogP contribution in [-0.2, 0) is 6.54 Å². The number of likely N-dealkylation sites (N-methyl/N-ethyl adjacent to an activating group) is 1. The molecule has 0 radical (unpaired) electrons. The van der Waals surface area contributed by atoms with Crippen molar-refractivity contribution in [3.8, 4) is 28.5 Å². The average molecular weight is 691 g/mol. The van der Waals surface area contributed by atoms with Crippen LogP contribution < -0.4 is 19.5 Å². The Labute approximate surface area is 291 Å². The largest absolute Gasteiger partial charge is 0.497 e. The van der Waals surface area contributed by atoms with E-state index in [1.807, 2.05) is 30.3 Å². The first kappa shape index (κ1) is 37.4. The molecule has 1 aromatic heterocycles. The van der Waals surface area contributed by atoms with E-state index in [2.05, 4.69) is 68.8 Å². The van der Waals surface area contributed by atoms with Crippen molar-refractivity contribution in [1.82, 2.24) is 20.0 Å². The Hall–Kier alpha value is -3.01. The van der Waals surface area contributed by atoms with Crippen molar-refractivity contribution < 1.29 is 14.2 Å². The van der Waals surface area contributed by atoms with Crippen molar-refractivity contribution in [2.45, 2.75) is 50.7 Å². The first-order chi connectivity index (χ1) is 21.1. The number of hydrogen-bond donors (Lipinski definition) is 1. The third-order valence-electron chi connectivity index (χ3n) is 8.97. The maximum Gasteiger partial charge on any atom is 0.156 e. The Morgan fingerprint density at radius 3 is 2.09 bits per heavy atom. The number of piperidine rings is 2. The molecule has 0 saturated carbocycles. The molecule has 0 aliphatic carbocycles.